The minimum absolute atomic E-state index is 0.272. The van der Waals surface area contributed by atoms with Gasteiger partial charge < -0.3 is 4.52 Å². The van der Waals surface area contributed by atoms with Crippen LogP contribution in [0.25, 0.3) is 0 Å². The number of aryl methyl sites for hydroxylation is 1. The molecule has 7 nitrogen and oxygen atoms in total. The molecule has 2 aromatic heterocycles. The van der Waals surface area contributed by atoms with Crippen molar-refractivity contribution in [3.8, 4) is 0 Å². The second kappa shape index (κ2) is 7.13. The maximum atomic E-state index is 12.9. The molecule has 26 heavy (non-hydrogen) atoms. The van der Waals surface area contributed by atoms with Gasteiger partial charge in [0, 0.05) is 12.1 Å². The maximum Gasteiger partial charge on any atom is 0.253 e. The molecule has 1 atom stereocenters. The summed E-state index contributed by atoms with van der Waals surface area (Å²) in [5, 5.41) is 8.57. The van der Waals surface area contributed by atoms with Crippen LogP contribution in [0.1, 0.15) is 43.4 Å². The fourth-order valence-electron chi connectivity index (χ4n) is 3.66. The Bertz CT molecular complexity index is 889. The Hall–Kier alpha value is -1.71. The fraction of sp³-hybridized carbons (Fsp3) is 0.529. The molecule has 1 N–H and O–H groups in total. The number of nitrogens with zero attached hydrogens (tertiary/aromatic N) is 2. The average Bonchev–Trinajstić information content (AvgIpc) is 3.33. The standard InChI is InChI=1S/C17H21N3O4S2/c21-16(18-17-12-6-1-2-7-13(12)19-24-17)14-8-3-4-10-20(14)26(22,23)15-9-5-11-25-15/h5,9,11,14H,1-4,6-8,10H2,(H,18,21). The number of amides is 1. The number of fused-ring (bicyclic) bond motifs is 1. The number of rotatable bonds is 4. The summed E-state index contributed by atoms with van der Waals surface area (Å²) >= 11 is 1.17. The summed E-state index contributed by atoms with van der Waals surface area (Å²) in [7, 11) is -3.66. The van der Waals surface area contributed by atoms with Crippen molar-refractivity contribution in [1.82, 2.24) is 9.46 Å². The van der Waals surface area contributed by atoms with E-state index >= 15 is 0 Å². The average molecular weight is 396 g/mol. The van der Waals surface area contributed by atoms with Gasteiger partial charge in [0.15, 0.2) is 0 Å². The van der Waals surface area contributed by atoms with E-state index in [1.54, 1.807) is 17.5 Å². The fourth-order valence-corrected chi connectivity index (χ4v) is 6.44. The highest BCUT2D eigenvalue weighted by atomic mass is 32.2. The number of hydrogen-bond donors (Lipinski definition) is 1. The Morgan fingerprint density at radius 2 is 2.12 bits per heavy atom. The Morgan fingerprint density at radius 3 is 2.92 bits per heavy atom. The summed E-state index contributed by atoms with van der Waals surface area (Å²) in [4.78, 5) is 12.9. The molecular formula is C17H21N3O4S2. The molecule has 1 aliphatic carbocycles. The molecule has 3 heterocycles. The molecule has 0 radical (unpaired) electrons. The van der Waals surface area contributed by atoms with Crippen molar-refractivity contribution < 1.29 is 17.7 Å². The first-order chi connectivity index (χ1) is 12.6. The van der Waals surface area contributed by atoms with Gasteiger partial charge in [-0.15, -0.1) is 11.3 Å². The molecule has 2 aliphatic rings. The minimum atomic E-state index is -3.66. The van der Waals surface area contributed by atoms with Crippen LogP contribution in [-0.2, 0) is 27.7 Å². The van der Waals surface area contributed by atoms with E-state index in [1.165, 1.54) is 15.6 Å². The topological polar surface area (TPSA) is 92.5 Å². The third kappa shape index (κ3) is 3.19. The van der Waals surface area contributed by atoms with Crippen LogP contribution in [0.4, 0.5) is 5.88 Å². The summed E-state index contributed by atoms with van der Waals surface area (Å²) in [6.07, 6.45) is 5.89. The molecule has 0 bridgehead atoms. The predicted molar refractivity (Wildman–Crippen MR) is 97.6 cm³/mol. The van der Waals surface area contributed by atoms with Crippen LogP contribution in [0.3, 0.4) is 0 Å². The largest absolute Gasteiger partial charge is 0.338 e. The smallest absolute Gasteiger partial charge is 0.253 e. The summed E-state index contributed by atoms with van der Waals surface area (Å²) in [5.41, 5.74) is 1.85. The number of aromatic nitrogens is 1. The lowest BCUT2D eigenvalue weighted by Crippen LogP contribution is -2.49. The van der Waals surface area contributed by atoms with Gasteiger partial charge in [-0.3, -0.25) is 10.1 Å². The van der Waals surface area contributed by atoms with Crippen LogP contribution >= 0.6 is 11.3 Å². The summed E-state index contributed by atoms with van der Waals surface area (Å²) in [6.45, 7) is 0.354. The molecule has 0 spiro atoms. The normalized spacial score (nSPS) is 21.3. The lowest BCUT2D eigenvalue weighted by atomic mass is 9.97. The molecule has 0 saturated carbocycles. The minimum Gasteiger partial charge on any atom is -0.338 e. The van der Waals surface area contributed by atoms with E-state index in [1.807, 2.05) is 0 Å². The lowest BCUT2D eigenvalue weighted by molar-refractivity contribution is -0.120. The molecular weight excluding hydrogens is 374 g/mol. The number of nitrogens with one attached hydrogen (secondary N) is 1. The van der Waals surface area contributed by atoms with Crippen LogP contribution in [0.2, 0.25) is 0 Å². The highest BCUT2D eigenvalue weighted by molar-refractivity contribution is 7.91. The van der Waals surface area contributed by atoms with E-state index in [0.717, 1.165) is 49.8 Å². The van der Waals surface area contributed by atoms with Crippen LogP contribution in [0.5, 0.6) is 0 Å². The Balaban J connectivity index is 1.57. The van der Waals surface area contributed by atoms with Crippen molar-refractivity contribution in [1.29, 1.82) is 0 Å². The molecule has 2 aromatic rings. The first kappa shape index (κ1) is 17.7. The van der Waals surface area contributed by atoms with E-state index in [0.29, 0.717) is 18.8 Å². The molecule has 1 saturated heterocycles. The van der Waals surface area contributed by atoms with Crippen LogP contribution in [-0.4, -0.2) is 36.4 Å². The monoisotopic (exact) mass is 395 g/mol. The zero-order chi connectivity index (χ0) is 18.1. The Kier molecular flexibility index (Phi) is 4.85. The van der Waals surface area contributed by atoms with E-state index in [-0.39, 0.29) is 10.1 Å². The summed E-state index contributed by atoms with van der Waals surface area (Å²) in [5.74, 6) is 0.0399. The van der Waals surface area contributed by atoms with Gasteiger partial charge in [0.2, 0.25) is 11.8 Å². The van der Waals surface area contributed by atoms with E-state index < -0.39 is 16.1 Å². The highest BCUT2D eigenvalue weighted by Gasteiger charge is 2.38. The van der Waals surface area contributed by atoms with Crippen molar-refractivity contribution in [3.05, 3.63) is 28.8 Å². The second-order valence-corrected chi connectivity index (χ2v) is 9.76. The van der Waals surface area contributed by atoms with E-state index in [4.69, 9.17) is 4.52 Å². The van der Waals surface area contributed by atoms with Gasteiger partial charge in [0.25, 0.3) is 10.0 Å². The van der Waals surface area contributed by atoms with E-state index in [2.05, 4.69) is 10.5 Å². The van der Waals surface area contributed by atoms with Crippen molar-refractivity contribution in [2.45, 2.75) is 55.2 Å². The Morgan fingerprint density at radius 1 is 1.27 bits per heavy atom. The van der Waals surface area contributed by atoms with Crippen LogP contribution in [0, 0.1) is 0 Å². The van der Waals surface area contributed by atoms with Crippen LogP contribution in [0.15, 0.2) is 26.2 Å². The van der Waals surface area contributed by atoms with Gasteiger partial charge in [-0.1, -0.05) is 17.6 Å². The molecule has 1 unspecified atom stereocenters. The van der Waals surface area contributed by atoms with Gasteiger partial charge in [-0.2, -0.15) is 4.31 Å². The first-order valence-corrected chi connectivity index (χ1v) is 11.2. The molecule has 4 rings (SSSR count). The molecule has 0 aromatic carbocycles. The summed E-state index contributed by atoms with van der Waals surface area (Å²) < 4.78 is 32.8. The lowest BCUT2D eigenvalue weighted by Gasteiger charge is -2.33. The number of sulfonamides is 1. The molecule has 9 heteroatoms. The molecule has 1 aliphatic heterocycles. The van der Waals surface area contributed by atoms with Gasteiger partial charge in [0.1, 0.15) is 10.3 Å². The zero-order valence-corrected chi connectivity index (χ0v) is 15.9. The zero-order valence-electron chi connectivity index (χ0n) is 14.3. The van der Waals surface area contributed by atoms with Crippen molar-refractivity contribution in [3.63, 3.8) is 0 Å². The van der Waals surface area contributed by atoms with Gasteiger partial charge in [-0.25, -0.2) is 8.42 Å². The third-order valence-electron chi connectivity index (χ3n) is 5.01. The number of carbonyl (C=O) groups is 1. The van der Waals surface area contributed by atoms with Crippen molar-refractivity contribution in [2.75, 3.05) is 11.9 Å². The molecule has 140 valence electrons. The Labute approximate surface area is 156 Å². The molecule has 1 fully saturated rings. The third-order valence-corrected chi connectivity index (χ3v) is 8.29. The van der Waals surface area contributed by atoms with Gasteiger partial charge >= 0.3 is 0 Å². The number of hydrogen-bond acceptors (Lipinski definition) is 6. The SMILES string of the molecule is O=C(Nc1onc2c1CCCC2)C1CCCCN1S(=O)(=O)c1cccs1. The molecule has 1 amide bonds. The number of anilines is 1. The van der Waals surface area contributed by atoms with E-state index in [9.17, 15) is 13.2 Å². The predicted octanol–water partition coefficient (Wildman–Crippen LogP) is 2.80. The van der Waals surface area contributed by atoms with Gasteiger partial charge in [0.05, 0.1) is 5.69 Å². The quantitative estimate of drug-likeness (QED) is 0.859. The number of thiophene rings is 1. The highest BCUT2D eigenvalue weighted by Crippen LogP contribution is 2.31. The number of carbonyl (C=O) groups excluding carboxylic acids is 1. The second-order valence-electron chi connectivity index (χ2n) is 6.69. The number of piperidine rings is 1. The first-order valence-electron chi connectivity index (χ1n) is 8.91. The van der Waals surface area contributed by atoms with Crippen LogP contribution < -0.4 is 5.32 Å². The van der Waals surface area contributed by atoms with Crippen molar-refractivity contribution in [2.24, 2.45) is 0 Å². The van der Waals surface area contributed by atoms with Gasteiger partial charge in [-0.05, 0) is 50.0 Å². The van der Waals surface area contributed by atoms with Crippen molar-refractivity contribution >= 4 is 33.2 Å². The summed E-state index contributed by atoms with van der Waals surface area (Å²) in [6, 6.07) is 2.56. The maximum absolute atomic E-state index is 12.9.